The van der Waals surface area contributed by atoms with Crippen molar-refractivity contribution < 1.29 is 22.0 Å². The van der Waals surface area contributed by atoms with E-state index in [9.17, 15) is 22.0 Å². The van der Waals surface area contributed by atoms with Gasteiger partial charge in [-0.3, -0.25) is 9.69 Å². The van der Waals surface area contributed by atoms with Gasteiger partial charge in [0.25, 0.3) is 0 Å². The summed E-state index contributed by atoms with van der Waals surface area (Å²) >= 11 is 0. The Labute approximate surface area is 128 Å². The average molecular weight is 332 g/mol. The van der Waals surface area contributed by atoms with Gasteiger partial charge >= 0.3 is 0 Å². The standard InChI is InChI=1S/C14H18F2N2O3S/c1-18(7-10-2-3-11(15)6-13(10)16)8-14(19)17-12-4-5-22(20,21)9-12/h2-3,6,12H,4-5,7-9H2,1H3,(H,17,19). The van der Waals surface area contributed by atoms with Crippen molar-refractivity contribution in [1.29, 1.82) is 0 Å². The molecule has 2 rings (SSSR count). The van der Waals surface area contributed by atoms with E-state index in [2.05, 4.69) is 5.32 Å². The van der Waals surface area contributed by atoms with Crippen LogP contribution in [0.2, 0.25) is 0 Å². The molecule has 1 heterocycles. The number of carbonyl (C=O) groups is 1. The van der Waals surface area contributed by atoms with Gasteiger partial charge in [0.1, 0.15) is 11.6 Å². The summed E-state index contributed by atoms with van der Waals surface area (Å²) in [6, 6.07) is 2.94. The minimum absolute atomic E-state index is 0.00731. The van der Waals surface area contributed by atoms with Gasteiger partial charge in [0.15, 0.2) is 9.84 Å². The first-order valence-corrected chi connectivity index (χ1v) is 8.69. The number of nitrogens with zero attached hydrogens (tertiary/aromatic N) is 1. The molecular weight excluding hydrogens is 314 g/mol. The molecule has 1 atom stereocenters. The summed E-state index contributed by atoms with van der Waals surface area (Å²) in [6.07, 6.45) is 0.421. The number of nitrogens with one attached hydrogen (secondary N) is 1. The van der Waals surface area contributed by atoms with Crippen molar-refractivity contribution in [3.63, 3.8) is 0 Å². The summed E-state index contributed by atoms with van der Waals surface area (Å²) in [5.74, 6) is -1.56. The van der Waals surface area contributed by atoms with Crippen molar-refractivity contribution in [3.05, 3.63) is 35.4 Å². The van der Waals surface area contributed by atoms with Gasteiger partial charge in [-0.25, -0.2) is 17.2 Å². The number of likely N-dealkylation sites (N-methyl/N-ethyl adjacent to an activating group) is 1. The number of amides is 1. The van der Waals surface area contributed by atoms with E-state index in [1.807, 2.05) is 0 Å². The number of benzene rings is 1. The number of sulfone groups is 1. The van der Waals surface area contributed by atoms with E-state index in [0.29, 0.717) is 12.0 Å². The first kappa shape index (κ1) is 16.8. The predicted molar refractivity (Wildman–Crippen MR) is 77.9 cm³/mol. The Morgan fingerprint density at radius 2 is 2.14 bits per heavy atom. The van der Waals surface area contributed by atoms with Gasteiger partial charge in [0.05, 0.1) is 18.1 Å². The quantitative estimate of drug-likeness (QED) is 0.862. The minimum Gasteiger partial charge on any atom is -0.351 e. The molecule has 0 bridgehead atoms. The highest BCUT2D eigenvalue weighted by molar-refractivity contribution is 7.91. The van der Waals surface area contributed by atoms with Gasteiger partial charge in [-0.2, -0.15) is 0 Å². The molecule has 0 spiro atoms. The van der Waals surface area contributed by atoms with Gasteiger partial charge in [0.2, 0.25) is 5.91 Å². The molecule has 0 saturated carbocycles. The molecule has 1 aliphatic heterocycles. The van der Waals surface area contributed by atoms with E-state index in [-0.39, 0.29) is 36.5 Å². The normalized spacial score (nSPS) is 20.3. The van der Waals surface area contributed by atoms with Crippen LogP contribution in [-0.4, -0.2) is 50.4 Å². The maximum absolute atomic E-state index is 13.5. The Kier molecular flexibility index (Phi) is 5.12. The van der Waals surface area contributed by atoms with E-state index < -0.39 is 21.5 Å². The smallest absolute Gasteiger partial charge is 0.234 e. The predicted octanol–water partition coefficient (Wildman–Crippen LogP) is 0.700. The van der Waals surface area contributed by atoms with Crippen LogP contribution in [-0.2, 0) is 21.2 Å². The van der Waals surface area contributed by atoms with Crippen LogP contribution in [0.25, 0.3) is 0 Å². The molecule has 22 heavy (non-hydrogen) atoms. The zero-order valence-corrected chi connectivity index (χ0v) is 13.0. The lowest BCUT2D eigenvalue weighted by Gasteiger charge is -2.18. The fourth-order valence-electron chi connectivity index (χ4n) is 2.42. The third-order valence-corrected chi connectivity index (χ3v) is 5.23. The van der Waals surface area contributed by atoms with E-state index in [0.717, 1.165) is 12.1 Å². The maximum atomic E-state index is 13.5. The van der Waals surface area contributed by atoms with Gasteiger partial charge in [-0.05, 0) is 19.5 Å². The van der Waals surface area contributed by atoms with Crippen LogP contribution >= 0.6 is 0 Å². The molecule has 1 aromatic rings. The van der Waals surface area contributed by atoms with Crippen LogP contribution in [0.4, 0.5) is 8.78 Å². The Morgan fingerprint density at radius 3 is 2.73 bits per heavy atom. The lowest BCUT2D eigenvalue weighted by atomic mass is 10.2. The maximum Gasteiger partial charge on any atom is 0.234 e. The van der Waals surface area contributed by atoms with Crippen molar-refractivity contribution in [1.82, 2.24) is 10.2 Å². The first-order chi connectivity index (χ1) is 10.2. The van der Waals surface area contributed by atoms with Crippen LogP contribution in [0, 0.1) is 11.6 Å². The van der Waals surface area contributed by atoms with Crippen LogP contribution in [0.1, 0.15) is 12.0 Å². The second-order valence-corrected chi connectivity index (χ2v) is 7.80. The van der Waals surface area contributed by atoms with Crippen molar-refractivity contribution in [2.24, 2.45) is 0 Å². The Bertz CT molecular complexity index is 664. The van der Waals surface area contributed by atoms with Crippen molar-refractivity contribution in [3.8, 4) is 0 Å². The molecular formula is C14H18F2N2O3S. The molecule has 122 valence electrons. The third kappa shape index (κ3) is 4.74. The molecule has 1 unspecified atom stereocenters. The molecule has 0 aliphatic carbocycles. The molecule has 0 radical (unpaired) electrons. The van der Waals surface area contributed by atoms with Gasteiger partial charge in [-0.1, -0.05) is 6.07 Å². The van der Waals surface area contributed by atoms with Gasteiger partial charge < -0.3 is 5.32 Å². The molecule has 1 amide bonds. The highest BCUT2D eigenvalue weighted by Crippen LogP contribution is 2.12. The van der Waals surface area contributed by atoms with Crippen molar-refractivity contribution in [2.75, 3.05) is 25.1 Å². The van der Waals surface area contributed by atoms with Crippen molar-refractivity contribution in [2.45, 2.75) is 19.0 Å². The molecule has 1 saturated heterocycles. The summed E-state index contributed by atoms with van der Waals surface area (Å²) in [4.78, 5) is 13.4. The molecule has 5 nitrogen and oxygen atoms in total. The number of carbonyl (C=O) groups excluding carboxylic acids is 1. The van der Waals surface area contributed by atoms with Gasteiger partial charge in [-0.15, -0.1) is 0 Å². The summed E-state index contributed by atoms with van der Waals surface area (Å²) < 4.78 is 49.0. The van der Waals surface area contributed by atoms with Crippen LogP contribution in [0.15, 0.2) is 18.2 Å². The van der Waals surface area contributed by atoms with E-state index in [1.165, 1.54) is 6.07 Å². The summed E-state index contributed by atoms with van der Waals surface area (Å²) in [6.45, 7) is 0.163. The molecule has 1 aromatic carbocycles. The Balaban J connectivity index is 1.84. The molecule has 1 fully saturated rings. The summed E-state index contributed by atoms with van der Waals surface area (Å²) in [5.41, 5.74) is 0.292. The van der Waals surface area contributed by atoms with Gasteiger partial charge in [0, 0.05) is 24.2 Å². The Morgan fingerprint density at radius 1 is 1.41 bits per heavy atom. The zero-order chi connectivity index (χ0) is 16.3. The van der Waals surface area contributed by atoms with E-state index >= 15 is 0 Å². The largest absolute Gasteiger partial charge is 0.351 e. The van der Waals surface area contributed by atoms with Crippen molar-refractivity contribution >= 4 is 15.7 Å². The number of halogens is 2. The SMILES string of the molecule is CN(CC(=O)NC1CCS(=O)(=O)C1)Cc1ccc(F)cc1F. The monoisotopic (exact) mass is 332 g/mol. The van der Waals surface area contributed by atoms with Crippen LogP contribution in [0.3, 0.4) is 0 Å². The molecule has 1 N–H and O–H groups in total. The third-order valence-electron chi connectivity index (χ3n) is 3.47. The zero-order valence-electron chi connectivity index (χ0n) is 12.2. The van der Waals surface area contributed by atoms with E-state index in [1.54, 1.807) is 11.9 Å². The fourth-order valence-corrected chi connectivity index (χ4v) is 4.10. The molecule has 8 heteroatoms. The highest BCUT2D eigenvalue weighted by Gasteiger charge is 2.28. The second kappa shape index (κ2) is 6.70. The average Bonchev–Trinajstić information content (AvgIpc) is 2.71. The number of hydrogen-bond acceptors (Lipinski definition) is 4. The number of hydrogen-bond donors (Lipinski definition) is 1. The molecule has 0 aromatic heterocycles. The second-order valence-electron chi connectivity index (χ2n) is 5.58. The first-order valence-electron chi connectivity index (χ1n) is 6.87. The summed E-state index contributed by atoms with van der Waals surface area (Å²) in [5, 5.41) is 2.66. The molecule has 1 aliphatic rings. The van der Waals surface area contributed by atoms with Crippen LogP contribution in [0.5, 0.6) is 0 Å². The Hall–Kier alpha value is -1.54. The summed E-state index contributed by atoms with van der Waals surface area (Å²) in [7, 11) is -1.41. The minimum atomic E-state index is -3.04. The lowest BCUT2D eigenvalue weighted by Crippen LogP contribution is -2.41. The highest BCUT2D eigenvalue weighted by atomic mass is 32.2. The van der Waals surface area contributed by atoms with Crippen LogP contribution < -0.4 is 5.32 Å². The fraction of sp³-hybridized carbons (Fsp3) is 0.500. The lowest BCUT2D eigenvalue weighted by molar-refractivity contribution is -0.122. The topological polar surface area (TPSA) is 66.5 Å². The van der Waals surface area contributed by atoms with E-state index in [4.69, 9.17) is 0 Å². The number of rotatable bonds is 5.